The van der Waals surface area contributed by atoms with Crippen molar-refractivity contribution in [3.63, 3.8) is 0 Å². The van der Waals surface area contributed by atoms with Crippen molar-refractivity contribution in [1.29, 1.82) is 0 Å². The van der Waals surface area contributed by atoms with Crippen molar-refractivity contribution in [1.82, 2.24) is 4.57 Å². The van der Waals surface area contributed by atoms with Gasteiger partial charge in [-0.15, -0.1) is 11.3 Å². The predicted molar refractivity (Wildman–Crippen MR) is 270 cm³/mol. The van der Waals surface area contributed by atoms with Crippen LogP contribution in [0.2, 0.25) is 0 Å². The maximum Gasteiger partial charge on any atom is 0.0640 e. The Morgan fingerprint density at radius 2 is 0.889 bits per heavy atom. The van der Waals surface area contributed by atoms with Crippen LogP contribution in [0.3, 0.4) is 0 Å². The van der Waals surface area contributed by atoms with Crippen LogP contribution < -0.4 is 4.90 Å². The number of hydrogen-bond acceptors (Lipinski definition) is 2. The van der Waals surface area contributed by atoms with Crippen LogP contribution in [-0.2, 0) is 0 Å². The SMILES string of the molecule is c1ccc(-c2ccccc2-c2c(-c3ccccc3)cccc2N(c2cccc(-c3ccc4c5ccccc5n(-c5ccccc5)c4c3)c2)c2cccc3c2sc2ccccc23)cc1. The number of benzene rings is 10. The molecule has 0 spiro atoms. The lowest BCUT2D eigenvalue weighted by atomic mass is 9.87. The number of rotatable bonds is 8. The van der Waals surface area contributed by atoms with Crippen LogP contribution in [0.1, 0.15) is 0 Å². The van der Waals surface area contributed by atoms with E-state index in [1.807, 2.05) is 11.3 Å². The summed E-state index contributed by atoms with van der Waals surface area (Å²) in [4.78, 5) is 2.52. The molecule has 0 saturated carbocycles. The highest BCUT2D eigenvalue weighted by molar-refractivity contribution is 7.26. The summed E-state index contributed by atoms with van der Waals surface area (Å²) in [7, 11) is 0. The smallest absolute Gasteiger partial charge is 0.0640 e. The van der Waals surface area contributed by atoms with Crippen LogP contribution in [0.25, 0.3) is 92.2 Å². The van der Waals surface area contributed by atoms with Gasteiger partial charge in [-0.3, -0.25) is 0 Å². The third kappa shape index (κ3) is 6.33. The van der Waals surface area contributed by atoms with Gasteiger partial charge in [-0.2, -0.15) is 0 Å². The van der Waals surface area contributed by atoms with Gasteiger partial charge in [0.15, 0.2) is 0 Å². The summed E-state index contributed by atoms with van der Waals surface area (Å²) >= 11 is 1.87. The molecule has 0 radical (unpaired) electrons. The quantitative estimate of drug-likeness (QED) is 0.148. The molecular weight excluding hydrogens is 781 g/mol. The van der Waals surface area contributed by atoms with E-state index in [1.54, 1.807) is 0 Å². The standard InChI is InChI=1S/C60H40N2S/c1-4-19-41(20-5-1)47-27-10-11-30-52(47)59-48(42-21-6-2-7-22-42)31-17-34-55(59)62(56-35-18-32-53-51-29-13-15-36-58(51)63-60(53)56)46-26-16-23-43(39-46)44-37-38-50-49-28-12-14-33-54(49)61(57(50)40-44)45-24-8-3-9-25-45/h1-40H. The number of anilines is 3. The van der Waals surface area contributed by atoms with Crippen molar-refractivity contribution in [2.45, 2.75) is 0 Å². The van der Waals surface area contributed by atoms with Crippen LogP contribution in [0, 0.1) is 0 Å². The first-order valence-electron chi connectivity index (χ1n) is 21.5. The summed E-state index contributed by atoms with van der Waals surface area (Å²) in [6.45, 7) is 0. The van der Waals surface area contributed by atoms with Crippen molar-refractivity contribution >= 4 is 70.4 Å². The van der Waals surface area contributed by atoms with E-state index in [-0.39, 0.29) is 0 Å². The molecule has 0 aliphatic carbocycles. The molecule has 0 bridgehead atoms. The normalized spacial score (nSPS) is 11.5. The number of aromatic nitrogens is 1. The summed E-state index contributed by atoms with van der Waals surface area (Å²) in [5, 5.41) is 5.04. The molecule has 0 aliphatic heterocycles. The summed E-state index contributed by atoms with van der Waals surface area (Å²) in [5.41, 5.74) is 16.3. The monoisotopic (exact) mass is 820 g/mol. The highest BCUT2D eigenvalue weighted by Crippen LogP contribution is 2.51. The van der Waals surface area contributed by atoms with Gasteiger partial charge in [0.2, 0.25) is 0 Å². The maximum atomic E-state index is 2.52. The minimum absolute atomic E-state index is 1.09. The van der Waals surface area contributed by atoms with E-state index in [0.29, 0.717) is 0 Å². The minimum atomic E-state index is 1.09. The largest absolute Gasteiger partial charge is 0.309 e. The fourth-order valence-corrected chi connectivity index (χ4v) is 10.8. The molecule has 0 fully saturated rings. The third-order valence-corrected chi connectivity index (χ3v) is 13.6. The van der Waals surface area contributed by atoms with E-state index in [1.165, 1.54) is 75.4 Å². The molecule has 0 saturated heterocycles. The first kappa shape index (κ1) is 36.8. The van der Waals surface area contributed by atoms with Crippen molar-refractivity contribution in [2.75, 3.05) is 4.90 Å². The van der Waals surface area contributed by atoms with Gasteiger partial charge >= 0.3 is 0 Å². The lowest BCUT2D eigenvalue weighted by molar-refractivity contribution is 1.18. The molecule has 0 N–H and O–H groups in total. The zero-order valence-electron chi connectivity index (χ0n) is 34.4. The van der Waals surface area contributed by atoms with E-state index in [2.05, 4.69) is 252 Å². The molecule has 0 amide bonds. The van der Waals surface area contributed by atoms with Crippen LogP contribution >= 0.6 is 11.3 Å². The Balaban J connectivity index is 1.13. The Morgan fingerprint density at radius 3 is 1.70 bits per heavy atom. The van der Waals surface area contributed by atoms with Crippen molar-refractivity contribution < 1.29 is 0 Å². The van der Waals surface area contributed by atoms with Gasteiger partial charge in [0.05, 0.1) is 27.1 Å². The van der Waals surface area contributed by atoms with Gasteiger partial charge < -0.3 is 9.47 Å². The average molecular weight is 821 g/mol. The molecule has 2 heterocycles. The second kappa shape index (κ2) is 15.5. The molecule has 0 atom stereocenters. The zero-order valence-corrected chi connectivity index (χ0v) is 35.2. The third-order valence-electron chi connectivity index (χ3n) is 12.4. The number of hydrogen-bond donors (Lipinski definition) is 0. The number of fused-ring (bicyclic) bond motifs is 6. The molecule has 12 aromatic rings. The minimum Gasteiger partial charge on any atom is -0.309 e. The zero-order chi connectivity index (χ0) is 41.7. The Hall–Kier alpha value is -7.98. The highest BCUT2D eigenvalue weighted by atomic mass is 32.1. The topological polar surface area (TPSA) is 8.17 Å². The maximum absolute atomic E-state index is 2.52. The van der Waals surface area contributed by atoms with E-state index < -0.39 is 0 Å². The van der Waals surface area contributed by atoms with Gasteiger partial charge in [0.25, 0.3) is 0 Å². The van der Waals surface area contributed by atoms with E-state index in [4.69, 9.17) is 0 Å². The van der Waals surface area contributed by atoms with Crippen LogP contribution in [0.15, 0.2) is 243 Å². The molecule has 0 aliphatic rings. The summed E-state index contributed by atoms with van der Waals surface area (Å²) in [5.74, 6) is 0. The Bertz CT molecular complexity index is 3620. The first-order valence-corrected chi connectivity index (χ1v) is 22.3. The van der Waals surface area contributed by atoms with Gasteiger partial charge in [-0.1, -0.05) is 188 Å². The summed E-state index contributed by atoms with van der Waals surface area (Å²) in [6, 6.07) is 88.5. The number of para-hydroxylation sites is 2. The molecule has 296 valence electrons. The Kier molecular flexibility index (Phi) is 9.06. The summed E-state index contributed by atoms with van der Waals surface area (Å²) in [6.07, 6.45) is 0. The molecule has 12 rings (SSSR count). The van der Waals surface area contributed by atoms with E-state index in [0.717, 1.165) is 33.9 Å². The van der Waals surface area contributed by atoms with Crippen LogP contribution in [0.5, 0.6) is 0 Å². The second-order valence-corrected chi connectivity index (χ2v) is 17.1. The average Bonchev–Trinajstić information content (AvgIpc) is 3.91. The van der Waals surface area contributed by atoms with Crippen molar-refractivity contribution in [3.8, 4) is 50.2 Å². The van der Waals surface area contributed by atoms with Gasteiger partial charge in [0.1, 0.15) is 0 Å². The van der Waals surface area contributed by atoms with Crippen LogP contribution in [0.4, 0.5) is 17.1 Å². The van der Waals surface area contributed by atoms with Crippen molar-refractivity contribution in [3.05, 3.63) is 243 Å². The summed E-state index contributed by atoms with van der Waals surface area (Å²) < 4.78 is 4.94. The lowest BCUT2D eigenvalue weighted by Gasteiger charge is -2.30. The number of nitrogens with zero attached hydrogens (tertiary/aromatic N) is 2. The molecule has 10 aromatic carbocycles. The second-order valence-electron chi connectivity index (χ2n) is 16.0. The van der Waals surface area contributed by atoms with Gasteiger partial charge in [-0.05, 0) is 93.5 Å². The van der Waals surface area contributed by atoms with Crippen molar-refractivity contribution in [2.24, 2.45) is 0 Å². The Labute approximate surface area is 370 Å². The fourth-order valence-electron chi connectivity index (χ4n) is 9.58. The van der Waals surface area contributed by atoms with E-state index in [9.17, 15) is 0 Å². The molecule has 2 aromatic heterocycles. The lowest BCUT2D eigenvalue weighted by Crippen LogP contribution is -2.12. The first-order chi connectivity index (χ1) is 31.3. The number of thiophene rings is 1. The molecule has 63 heavy (non-hydrogen) atoms. The molecule has 2 nitrogen and oxygen atoms in total. The molecule has 3 heteroatoms. The van der Waals surface area contributed by atoms with Crippen LogP contribution in [-0.4, -0.2) is 4.57 Å². The molecular formula is C60H40N2S. The van der Waals surface area contributed by atoms with Gasteiger partial charge in [-0.25, -0.2) is 0 Å². The molecule has 0 unspecified atom stereocenters. The Morgan fingerprint density at radius 1 is 0.333 bits per heavy atom. The van der Waals surface area contributed by atoms with E-state index >= 15 is 0 Å². The van der Waals surface area contributed by atoms with Gasteiger partial charge in [0, 0.05) is 43.2 Å². The predicted octanol–water partition coefficient (Wildman–Crippen LogP) is 17.3. The fraction of sp³-hybridized carbons (Fsp3) is 0. The highest BCUT2D eigenvalue weighted by Gasteiger charge is 2.25.